The van der Waals surface area contributed by atoms with Crippen LogP contribution in [0, 0.1) is 0 Å². The molecule has 0 unspecified atom stereocenters. The van der Waals surface area contributed by atoms with Crippen molar-refractivity contribution in [3.8, 4) is 0 Å². The number of nitrogens with one attached hydrogen (secondary N) is 1. The second-order valence-corrected chi connectivity index (χ2v) is 3.13. The van der Waals surface area contributed by atoms with Gasteiger partial charge in [0.1, 0.15) is 4.32 Å². The number of hydrogen-bond donors (Lipinski definition) is 2. The van der Waals surface area contributed by atoms with Gasteiger partial charge in [-0.15, -0.1) is 12.6 Å². The van der Waals surface area contributed by atoms with E-state index in [9.17, 15) is 0 Å². The molecule has 1 fully saturated rings. The predicted octanol–water partition coefficient (Wildman–Crippen LogP) is -0.542. The van der Waals surface area contributed by atoms with Crippen LogP contribution in [0.3, 0.4) is 0 Å². The molecule has 1 saturated heterocycles. The summed E-state index contributed by atoms with van der Waals surface area (Å²) >= 11 is 8.95. The first-order valence-electron chi connectivity index (χ1n) is 2.99. The van der Waals surface area contributed by atoms with Gasteiger partial charge in [0.15, 0.2) is 0 Å². The fourth-order valence-electron chi connectivity index (χ4n) is 0.856. The Balaban J connectivity index is 0.000000810. The van der Waals surface area contributed by atoms with Crippen molar-refractivity contribution >= 4 is 80.6 Å². The number of hydrogen-bond acceptors (Lipinski definition) is 2. The van der Waals surface area contributed by atoms with Crippen molar-refractivity contribution < 1.29 is 0 Å². The Kier molecular flexibility index (Phi) is 7.53. The minimum atomic E-state index is 0. The van der Waals surface area contributed by atoms with Gasteiger partial charge in [-0.1, -0.05) is 12.2 Å². The molecule has 0 spiro atoms. The van der Waals surface area contributed by atoms with E-state index >= 15 is 0 Å². The van der Waals surface area contributed by atoms with Crippen LogP contribution in [0.25, 0.3) is 0 Å². The van der Waals surface area contributed by atoms with Crippen molar-refractivity contribution in [2.24, 2.45) is 0 Å². The summed E-state index contributed by atoms with van der Waals surface area (Å²) in [6, 6.07) is 0. The molecule has 0 atom stereocenters. The van der Waals surface area contributed by atoms with E-state index in [4.69, 9.17) is 12.2 Å². The van der Waals surface area contributed by atoms with E-state index in [0.29, 0.717) is 0 Å². The van der Waals surface area contributed by atoms with Crippen molar-refractivity contribution in [1.82, 2.24) is 10.2 Å². The van der Waals surface area contributed by atoms with Crippen molar-refractivity contribution in [2.75, 3.05) is 26.2 Å². The fraction of sp³-hybridized carbons (Fsp3) is 0.800. The van der Waals surface area contributed by atoms with Gasteiger partial charge in [-0.25, -0.2) is 0 Å². The Bertz CT molecular complexity index is 114. The van der Waals surface area contributed by atoms with E-state index < -0.39 is 0 Å². The summed E-state index contributed by atoms with van der Waals surface area (Å²) in [7, 11) is 0. The zero-order valence-electron chi connectivity index (χ0n) is 5.13. The van der Waals surface area contributed by atoms with E-state index in [1.54, 1.807) is 0 Å². The van der Waals surface area contributed by atoms with Gasteiger partial charge in [0.05, 0.1) is 0 Å². The van der Waals surface area contributed by atoms with Gasteiger partial charge in [-0.2, -0.15) is 0 Å². The molecule has 1 aliphatic heterocycles. The molecule has 1 rings (SSSR count). The Morgan fingerprint density at radius 1 is 1.40 bits per heavy atom. The third-order valence-corrected chi connectivity index (χ3v) is 1.93. The molecule has 0 amide bonds. The van der Waals surface area contributed by atoms with Crippen molar-refractivity contribution in [2.45, 2.75) is 0 Å². The molecule has 2 nitrogen and oxygen atoms in total. The molecule has 0 aromatic heterocycles. The van der Waals surface area contributed by atoms with Gasteiger partial charge in [-0.05, 0) is 0 Å². The molecule has 0 aromatic carbocycles. The van der Waals surface area contributed by atoms with E-state index in [1.807, 2.05) is 0 Å². The molecule has 1 aliphatic rings. The maximum atomic E-state index is 4.88. The second kappa shape index (κ2) is 6.36. The summed E-state index contributed by atoms with van der Waals surface area (Å²) in [5.74, 6) is 0. The van der Waals surface area contributed by atoms with Crippen LogP contribution in [0.15, 0.2) is 0 Å². The van der Waals surface area contributed by atoms with Crippen LogP contribution in [0.5, 0.6) is 0 Å². The number of piperazine rings is 1. The molecular weight excluding hydrogens is 191 g/mol. The summed E-state index contributed by atoms with van der Waals surface area (Å²) in [6.07, 6.45) is 0. The number of rotatable bonds is 0. The summed E-state index contributed by atoms with van der Waals surface area (Å²) in [5.41, 5.74) is 0. The first-order chi connectivity index (χ1) is 4.30. The zero-order valence-corrected chi connectivity index (χ0v) is 6.84. The van der Waals surface area contributed by atoms with Crippen LogP contribution < -0.4 is 5.32 Å². The zero-order chi connectivity index (χ0) is 6.69. The van der Waals surface area contributed by atoms with Crippen molar-refractivity contribution in [1.29, 1.82) is 0 Å². The Labute approximate surface area is 115 Å². The SMILES string of the molecule is S=C(S)N1CCNCC1.[KH]. The number of nitrogens with zero attached hydrogens (tertiary/aromatic N) is 1. The standard InChI is InChI=1S/C5H10N2S2.K.H/c8-5(9)7-3-1-6-2-4-7;;/h6H,1-4H2,(H,8,9);;. The third kappa shape index (κ3) is 4.01. The van der Waals surface area contributed by atoms with Gasteiger partial charge in [0.25, 0.3) is 0 Å². The molecule has 5 heteroatoms. The molecule has 54 valence electrons. The molecule has 0 saturated carbocycles. The second-order valence-electron chi connectivity index (χ2n) is 2.02. The molecule has 1 N–H and O–H groups in total. The number of thiocarbonyl (C=S) groups is 1. The molecule has 10 heavy (non-hydrogen) atoms. The van der Waals surface area contributed by atoms with Gasteiger partial charge in [0.2, 0.25) is 0 Å². The van der Waals surface area contributed by atoms with Gasteiger partial charge < -0.3 is 10.2 Å². The molecule has 0 radical (unpaired) electrons. The Morgan fingerprint density at radius 2 is 1.90 bits per heavy atom. The van der Waals surface area contributed by atoms with E-state index in [2.05, 4.69) is 22.8 Å². The third-order valence-electron chi connectivity index (χ3n) is 1.39. The quantitative estimate of drug-likeness (QED) is 0.312. The average Bonchev–Trinajstić information content (AvgIpc) is 1.90. The van der Waals surface area contributed by atoms with Crippen LogP contribution in [0.4, 0.5) is 0 Å². The fourth-order valence-corrected chi connectivity index (χ4v) is 1.24. The summed E-state index contributed by atoms with van der Waals surface area (Å²) in [4.78, 5) is 2.09. The average molecular weight is 202 g/mol. The van der Waals surface area contributed by atoms with Crippen LogP contribution in [0.2, 0.25) is 0 Å². The predicted molar refractivity (Wildman–Crippen MR) is 53.2 cm³/mol. The summed E-state index contributed by atoms with van der Waals surface area (Å²) in [6.45, 7) is 4.06. The normalized spacial score (nSPS) is 17.9. The van der Waals surface area contributed by atoms with Crippen LogP contribution >= 0.6 is 24.8 Å². The van der Waals surface area contributed by atoms with E-state index in [-0.39, 0.29) is 51.4 Å². The first kappa shape index (κ1) is 11.8. The van der Waals surface area contributed by atoms with Crippen LogP contribution in [-0.2, 0) is 0 Å². The van der Waals surface area contributed by atoms with Crippen LogP contribution in [0.1, 0.15) is 0 Å². The van der Waals surface area contributed by atoms with E-state index in [0.717, 1.165) is 30.5 Å². The van der Waals surface area contributed by atoms with Crippen molar-refractivity contribution in [3.05, 3.63) is 0 Å². The summed E-state index contributed by atoms with van der Waals surface area (Å²) < 4.78 is 0.719. The van der Waals surface area contributed by atoms with E-state index in [1.165, 1.54) is 0 Å². The monoisotopic (exact) mass is 202 g/mol. The first-order valence-corrected chi connectivity index (χ1v) is 3.85. The minimum absolute atomic E-state index is 0. The molecular formula is C5H11KN2S2. The van der Waals surface area contributed by atoms with Gasteiger partial charge >= 0.3 is 51.4 Å². The Hall–Kier alpha value is 1.84. The molecule has 0 aromatic rings. The van der Waals surface area contributed by atoms with Crippen molar-refractivity contribution in [3.63, 3.8) is 0 Å². The summed E-state index contributed by atoms with van der Waals surface area (Å²) in [5, 5.41) is 3.23. The Morgan fingerprint density at radius 3 is 2.20 bits per heavy atom. The molecule has 0 bridgehead atoms. The maximum absolute atomic E-state index is 4.88. The van der Waals surface area contributed by atoms with Gasteiger partial charge in [-0.3, -0.25) is 0 Å². The topological polar surface area (TPSA) is 15.3 Å². The number of thiol groups is 1. The van der Waals surface area contributed by atoms with Gasteiger partial charge in [0, 0.05) is 26.2 Å². The molecule has 0 aliphatic carbocycles. The molecule has 1 heterocycles. The van der Waals surface area contributed by atoms with Crippen LogP contribution in [-0.4, -0.2) is 86.8 Å².